The lowest BCUT2D eigenvalue weighted by Gasteiger charge is -2.31. The third kappa shape index (κ3) is 31.8. The van der Waals surface area contributed by atoms with Crippen molar-refractivity contribution in [1.82, 2.24) is 0 Å². The summed E-state index contributed by atoms with van der Waals surface area (Å²) in [6.45, 7) is -2.22. The van der Waals surface area contributed by atoms with E-state index in [4.69, 9.17) is 63.8 Å². The Morgan fingerprint density at radius 2 is 0.933 bits per heavy atom. The zero-order chi connectivity index (χ0) is 45.5. The lowest BCUT2D eigenvalue weighted by atomic mass is 9.92. The first-order valence-corrected chi connectivity index (χ1v) is 19.5. The molecule has 0 aromatic heterocycles. The topological polar surface area (TPSA) is 324 Å². The SMILES string of the molecule is COCC(COC)(COC(=O)CCCCCOC(=O)CO)COC(=O)CCCCCOC(=O)CO.O=C1CCCCCO1.O=C1COC(=O)CO1.OCC(CO)(CO)CO. The summed E-state index contributed by atoms with van der Waals surface area (Å²) < 4.78 is 44.1. The van der Waals surface area contributed by atoms with Gasteiger partial charge in [-0.25, -0.2) is 19.2 Å². The predicted molar refractivity (Wildman–Crippen MR) is 203 cm³/mol. The Labute approximate surface area is 349 Å². The molecule has 60 heavy (non-hydrogen) atoms. The summed E-state index contributed by atoms with van der Waals surface area (Å²) in [4.78, 5) is 76.6. The Balaban J connectivity index is 0. The van der Waals surface area contributed by atoms with Crippen LogP contribution >= 0.6 is 0 Å². The predicted octanol–water partition coefficient (Wildman–Crippen LogP) is -1.32. The highest BCUT2D eigenvalue weighted by Gasteiger charge is 2.34. The van der Waals surface area contributed by atoms with Gasteiger partial charge in [0.25, 0.3) is 0 Å². The summed E-state index contributed by atoms with van der Waals surface area (Å²) in [5.74, 6) is -3.18. The molecule has 0 saturated carbocycles. The van der Waals surface area contributed by atoms with Gasteiger partial charge < -0.3 is 73.3 Å². The standard InChI is InChI=1S/C23H40O12.C6H10O2.C5H12O4.C4H4O4/c1-30-15-23(16-31-2,17-34-19(26)9-5-3-7-11-32-21(28)13-24)18-35-20(27)10-6-4-8-12-33-22(29)14-25;7-6-4-2-1-3-5-8-6;6-1-5(2-7,3-8)4-9;5-3-1-7-4(6)2-8-3/h24-25H,3-18H2,1-2H3;1-5H2;6-9H,1-4H2;1-2H2. The molecule has 0 atom stereocenters. The monoisotopic (exact) mass is 874 g/mol. The summed E-state index contributed by atoms with van der Waals surface area (Å²) in [6, 6.07) is 0. The van der Waals surface area contributed by atoms with E-state index in [1.165, 1.54) is 14.2 Å². The van der Waals surface area contributed by atoms with Gasteiger partial charge in [-0.2, -0.15) is 0 Å². The van der Waals surface area contributed by atoms with Crippen LogP contribution in [0.2, 0.25) is 0 Å². The largest absolute Gasteiger partial charge is 0.466 e. The molecule has 2 saturated heterocycles. The first-order valence-electron chi connectivity index (χ1n) is 19.5. The second-order valence-electron chi connectivity index (χ2n) is 13.6. The molecule has 0 aromatic rings. The highest BCUT2D eigenvalue weighted by molar-refractivity contribution is 5.82. The Bertz CT molecular complexity index is 1080. The minimum atomic E-state index is -1.11. The van der Waals surface area contributed by atoms with Gasteiger partial charge in [0.15, 0.2) is 13.2 Å². The van der Waals surface area contributed by atoms with E-state index in [-0.39, 0.29) is 71.7 Å². The maximum Gasteiger partial charge on any atom is 0.344 e. The van der Waals surface area contributed by atoms with Gasteiger partial charge >= 0.3 is 41.8 Å². The Morgan fingerprint density at radius 3 is 1.28 bits per heavy atom. The molecule has 2 rings (SSSR count). The summed E-state index contributed by atoms with van der Waals surface area (Å²) in [7, 11) is 2.97. The van der Waals surface area contributed by atoms with Crippen molar-refractivity contribution in [1.29, 1.82) is 0 Å². The van der Waals surface area contributed by atoms with Gasteiger partial charge in [0.05, 0.1) is 70.3 Å². The van der Waals surface area contributed by atoms with Crippen LogP contribution in [-0.2, 0) is 76.2 Å². The van der Waals surface area contributed by atoms with Crippen molar-refractivity contribution in [2.75, 3.05) is 113 Å². The number of cyclic esters (lactones) is 3. The van der Waals surface area contributed by atoms with Crippen LogP contribution in [0.4, 0.5) is 0 Å². The van der Waals surface area contributed by atoms with Crippen LogP contribution in [0.3, 0.4) is 0 Å². The molecular weight excluding hydrogens is 808 g/mol. The molecule has 2 aliphatic rings. The first kappa shape index (κ1) is 58.1. The lowest BCUT2D eigenvalue weighted by molar-refractivity contribution is -0.174. The first-order chi connectivity index (χ1) is 28.7. The van der Waals surface area contributed by atoms with Gasteiger partial charge in [0.2, 0.25) is 0 Å². The van der Waals surface area contributed by atoms with Gasteiger partial charge in [-0.05, 0) is 57.8 Å². The molecule has 0 bridgehead atoms. The van der Waals surface area contributed by atoms with Crippen molar-refractivity contribution in [2.24, 2.45) is 10.8 Å². The molecule has 350 valence electrons. The highest BCUT2D eigenvalue weighted by Crippen LogP contribution is 2.21. The molecule has 0 aliphatic carbocycles. The van der Waals surface area contributed by atoms with Gasteiger partial charge in [-0.3, -0.25) is 14.4 Å². The molecule has 2 aliphatic heterocycles. The van der Waals surface area contributed by atoms with E-state index in [2.05, 4.69) is 9.47 Å². The number of carbonyl (C=O) groups is 7. The Hall–Kier alpha value is -4.03. The number of aliphatic hydroxyl groups excluding tert-OH is 6. The molecule has 0 unspecified atom stereocenters. The molecule has 0 aromatic carbocycles. The van der Waals surface area contributed by atoms with Crippen molar-refractivity contribution in [3.8, 4) is 0 Å². The fourth-order valence-corrected chi connectivity index (χ4v) is 4.50. The van der Waals surface area contributed by atoms with E-state index in [1.807, 2.05) is 0 Å². The lowest BCUT2D eigenvalue weighted by Crippen LogP contribution is -2.42. The zero-order valence-electron chi connectivity index (χ0n) is 34.8. The van der Waals surface area contributed by atoms with Crippen LogP contribution in [0, 0.1) is 10.8 Å². The molecule has 2 heterocycles. The second-order valence-corrected chi connectivity index (χ2v) is 13.6. The van der Waals surface area contributed by atoms with E-state index in [0.717, 1.165) is 19.3 Å². The molecule has 22 nitrogen and oxygen atoms in total. The fourth-order valence-electron chi connectivity index (χ4n) is 4.50. The van der Waals surface area contributed by atoms with E-state index in [1.54, 1.807) is 0 Å². The highest BCUT2D eigenvalue weighted by atomic mass is 16.6. The summed E-state index contributed by atoms with van der Waals surface area (Å²) in [5, 5.41) is 51.1. The number of unbranched alkanes of at least 4 members (excludes halogenated alkanes) is 4. The zero-order valence-corrected chi connectivity index (χ0v) is 34.8. The summed E-state index contributed by atoms with van der Waals surface area (Å²) in [6.07, 6.45) is 7.72. The molecule has 22 heteroatoms. The number of hydrogen-bond donors (Lipinski definition) is 6. The molecular formula is C38H66O22. The Kier molecular flexibility index (Phi) is 36.7. The number of carbonyl (C=O) groups excluding carboxylic acids is 7. The van der Waals surface area contributed by atoms with Crippen molar-refractivity contribution < 1.29 is 107 Å². The summed E-state index contributed by atoms with van der Waals surface area (Å²) >= 11 is 0. The van der Waals surface area contributed by atoms with Gasteiger partial charge in [-0.1, -0.05) is 0 Å². The van der Waals surface area contributed by atoms with Gasteiger partial charge in [-0.15, -0.1) is 0 Å². The van der Waals surface area contributed by atoms with E-state index < -0.39 is 86.3 Å². The average molecular weight is 875 g/mol. The number of hydrogen-bond acceptors (Lipinski definition) is 22. The fraction of sp³-hybridized carbons (Fsp3) is 0.816. The Morgan fingerprint density at radius 1 is 0.500 bits per heavy atom. The van der Waals surface area contributed by atoms with Crippen LogP contribution < -0.4 is 0 Å². The van der Waals surface area contributed by atoms with Gasteiger partial charge in [0, 0.05) is 33.5 Å². The van der Waals surface area contributed by atoms with Crippen molar-refractivity contribution >= 4 is 41.8 Å². The second kappa shape index (κ2) is 37.9. The van der Waals surface area contributed by atoms with E-state index in [0.29, 0.717) is 51.6 Å². The molecule has 0 spiro atoms. The third-order valence-corrected chi connectivity index (χ3v) is 8.15. The van der Waals surface area contributed by atoms with E-state index in [9.17, 15) is 33.6 Å². The quantitative estimate of drug-likeness (QED) is 0.0333. The maximum atomic E-state index is 12.1. The molecule has 0 radical (unpaired) electrons. The minimum Gasteiger partial charge on any atom is -0.466 e. The van der Waals surface area contributed by atoms with E-state index >= 15 is 0 Å². The van der Waals surface area contributed by atoms with Crippen LogP contribution in [0.15, 0.2) is 0 Å². The van der Waals surface area contributed by atoms with Crippen LogP contribution in [-0.4, -0.2) is 186 Å². The summed E-state index contributed by atoms with van der Waals surface area (Å²) in [5.41, 5.74) is -1.97. The molecule has 0 amide bonds. The van der Waals surface area contributed by atoms with Crippen LogP contribution in [0.5, 0.6) is 0 Å². The normalized spacial score (nSPS) is 13.8. The third-order valence-electron chi connectivity index (χ3n) is 8.15. The van der Waals surface area contributed by atoms with Crippen LogP contribution in [0.1, 0.15) is 77.0 Å². The number of ether oxygens (including phenoxy) is 9. The van der Waals surface area contributed by atoms with Crippen molar-refractivity contribution in [3.63, 3.8) is 0 Å². The number of aliphatic hydroxyl groups is 6. The smallest absolute Gasteiger partial charge is 0.344 e. The number of esters is 7. The average Bonchev–Trinajstić information content (AvgIpc) is 3.51. The van der Waals surface area contributed by atoms with Crippen molar-refractivity contribution in [2.45, 2.75) is 77.0 Å². The van der Waals surface area contributed by atoms with Gasteiger partial charge in [0.1, 0.15) is 26.4 Å². The number of methoxy groups -OCH3 is 2. The molecule has 2 fully saturated rings. The van der Waals surface area contributed by atoms with Crippen molar-refractivity contribution in [3.05, 3.63) is 0 Å². The molecule has 6 N–H and O–H groups in total. The maximum absolute atomic E-state index is 12.1. The minimum absolute atomic E-state index is 0.0255. The van der Waals surface area contributed by atoms with Crippen LogP contribution in [0.25, 0.3) is 0 Å². The number of rotatable bonds is 26.